The maximum absolute atomic E-state index is 10.4. The Morgan fingerprint density at radius 2 is 2.35 bits per heavy atom. The summed E-state index contributed by atoms with van der Waals surface area (Å²) in [5, 5.41) is 11.9. The summed E-state index contributed by atoms with van der Waals surface area (Å²) in [5.41, 5.74) is 7.91. The van der Waals surface area contributed by atoms with E-state index in [0.717, 1.165) is 20.0 Å². The zero-order chi connectivity index (χ0) is 12.4. The van der Waals surface area contributed by atoms with Gasteiger partial charge in [-0.3, -0.25) is 0 Å². The molecule has 0 saturated carbocycles. The molecule has 2 aromatic rings. The number of amides is 1. The van der Waals surface area contributed by atoms with Crippen molar-refractivity contribution in [3.05, 3.63) is 33.5 Å². The second-order valence-electron chi connectivity index (χ2n) is 3.70. The van der Waals surface area contributed by atoms with E-state index in [-0.39, 0.29) is 12.6 Å². The molecule has 0 spiro atoms. The van der Waals surface area contributed by atoms with Crippen molar-refractivity contribution in [2.45, 2.75) is 6.04 Å². The molecule has 0 radical (unpaired) electrons. The number of nitrogens with one attached hydrogen (secondary N) is 2. The van der Waals surface area contributed by atoms with E-state index < -0.39 is 6.09 Å². The largest absolute Gasteiger partial charge is 0.465 e. The number of nitrogens with two attached hydrogens (primary N) is 1. The molecule has 2 rings (SSSR count). The molecular formula is C11H12IN3O2. The van der Waals surface area contributed by atoms with Gasteiger partial charge in [-0.05, 0) is 40.3 Å². The summed E-state index contributed by atoms with van der Waals surface area (Å²) in [6, 6.07) is 5.58. The predicted molar refractivity (Wildman–Crippen MR) is 74.0 cm³/mol. The zero-order valence-corrected chi connectivity index (χ0v) is 11.1. The Kier molecular flexibility index (Phi) is 3.53. The van der Waals surface area contributed by atoms with Gasteiger partial charge < -0.3 is 21.1 Å². The highest BCUT2D eigenvalue weighted by Crippen LogP contribution is 2.27. The fraction of sp³-hybridized carbons (Fsp3) is 0.182. The van der Waals surface area contributed by atoms with Crippen molar-refractivity contribution in [1.29, 1.82) is 0 Å². The number of aromatic nitrogens is 1. The third-order valence-corrected chi connectivity index (χ3v) is 3.46. The molecule has 90 valence electrons. The van der Waals surface area contributed by atoms with Gasteiger partial charge in [0.2, 0.25) is 0 Å². The van der Waals surface area contributed by atoms with Gasteiger partial charge in [-0.1, -0.05) is 6.07 Å². The second-order valence-corrected chi connectivity index (χ2v) is 4.86. The van der Waals surface area contributed by atoms with Gasteiger partial charge in [-0.15, -0.1) is 0 Å². The molecule has 1 amide bonds. The number of halogens is 1. The summed E-state index contributed by atoms with van der Waals surface area (Å²) >= 11 is 2.24. The van der Waals surface area contributed by atoms with Gasteiger partial charge in [0.05, 0.1) is 0 Å². The number of hydrogen-bond acceptors (Lipinski definition) is 2. The third kappa shape index (κ3) is 2.52. The Labute approximate surface area is 112 Å². The zero-order valence-electron chi connectivity index (χ0n) is 8.90. The fourth-order valence-corrected chi connectivity index (χ4v) is 2.57. The van der Waals surface area contributed by atoms with E-state index in [1.807, 2.05) is 24.4 Å². The van der Waals surface area contributed by atoms with Crippen LogP contribution in [0, 0.1) is 3.57 Å². The molecule has 0 bridgehead atoms. The monoisotopic (exact) mass is 345 g/mol. The van der Waals surface area contributed by atoms with Gasteiger partial charge in [0.1, 0.15) is 0 Å². The summed E-state index contributed by atoms with van der Waals surface area (Å²) in [6.07, 6.45) is 0.774. The van der Waals surface area contributed by atoms with E-state index in [0.29, 0.717) is 0 Å². The van der Waals surface area contributed by atoms with E-state index in [4.69, 9.17) is 10.8 Å². The lowest BCUT2D eigenvalue weighted by Gasteiger charge is -2.11. The number of hydrogen-bond donors (Lipinski definition) is 4. The average molecular weight is 345 g/mol. The highest BCUT2D eigenvalue weighted by atomic mass is 127. The molecule has 1 aromatic heterocycles. The Morgan fingerprint density at radius 1 is 1.59 bits per heavy atom. The van der Waals surface area contributed by atoms with Crippen molar-refractivity contribution in [3.63, 3.8) is 0 Å². The fourth-order valence-electron chi connectivity index (χ4n) is 1.77. The molecule has 1 atom stereocenters. The van der Waals surface area contributed by atoms with Crippen LogP contribution < -0.4 is 11.1 Å². The maximum Gasteiger partial charge on any atom is 0.404 e. The number of rotatable bonds is 3. The smallest absolute Gasteiger partial charge is 0.404 e. The quantitative estimate of drug-likeness (QED) is 0.642. The van der Waals surface area contributed by atoms with Crippen molar-refractivity contribution in [1.82, 2.24) is 10.3 Å². The molecule has 5 N–H and O–H groups in total. The van der Waals surface area contributed by atoms with Gasteiger partial charge in [0.15, 0.2) is 0 Å². The van der Waals surface area contributed by atoms with Crippen LogP contribution in [-0.2, 0) is 0 Å². The number of fused-ring (bicyclic) bond motifs is 1. The van der Waals surface area contributed by atoms with Crippen LogP contribution in [0.4, 0.5) is 4.79 Å². The Bertz CT molecular complexity index is 553. The summed E-state index contributed by atoms with van der Waals surface area (Å²) in [6.45, 7) is 0.202. The molecule has 17 heavy (non-hydrogen) atoms. The van der Waals surface area contributed by atoms with Crippen molar-refractivity contribution in [3.8, 4) is 0 Å². The lowest BCUT2D eigenvalue weighted by Crippen LogP contribution is -2.30. The van der Waals surface area contributed by atoms with Crippen molar-refractivity contribution < 1.29 is 9.90 Å². The number of benzene rings is 1. The molecule has 1 heterocycles. The molecular weight excluding hydrogens is 333 g/mol. The molecule has 0 aliphatic carbocycles. The van der Waals surface area contributed by atoms with Crippen LogP contribution in [0.25, 0.3) is 10.9 Å². The lowest BCUT2D eigenvalue weighted by molar-refractivity contribution is 0.193. The van der Waals surface area contributed by atoms with Crippen molar-refractivity contribution in [2.75, 3.05) is 6.54 Å². The summed E-state index contributed by atoms with van der Waals surface area (Å²) in [4.78, 5) is 13.6. The lowest BCUT2D eigenvalue weighted by atomic mass is 10.1. The van der Waals surface area contributed by atoms with Gasteiger partial charge in [0, 0.05) is 33.3 Å². The standard InChI is InChI=1S/C11H12IN3O2/c12-7-2-1-3-9-10(7)6(4-14-9)8(13)5-15-11(16)17/h1-4,8,14-15H,5,13H2,(H,16,17). The van der Waals surface area contributed by atoms with Crippen molar-refractivity contribution >= 4 is 39.6 Å². The number of carbonyl (C=O) groups is 1. The molecule has 0 fully saturated rings. The van der Waals surface area contributed by atoms with Crippen LogP contribution in [0.15, 0.2) is 24.4 Å². The van der Waals surface area contributed by atoms with E-state index in [1.165, 1.54) is 0 Å². The topological polar surface area (TPSA) is 91.1 Å². The number of aromatic amines is 1. The molecule has 0 saturated heterocycles. The highest BCUT2D eigenvalue weighted by Gasteiger charge is 2.14. The second kappa shape index (κ2) is 4.92. The molecule has 6 heteroatoms. The summed E-state index contributed by atoms with van der Waals surface area (Å²) < 4.78 is 1.10. The van der Waals surface area contributed by atoms with Crippen LogP contribution in [0.5, 0.6) is 0 Å². The maximum atomic E-state index is 10.4. The van der Waals surface area contributed by atoms with E-state index in [1.54, 1.807) is 0 Å². The van der Waals surface area contributed by atoms with E-state index >= 15 is 0 Å². The van der Waals surface area contributed by atoms with Gasteiger partial charge in [-0.2, -0.15) is 0 Å². The first-order chi connectivity index (χ1) is 8.09. The Morgan fingerprint density at radius 3 is 3.06 bits per heavy atom. The average Bonchev–Trinajstić information content (AvgIpc) is 2.71. The molecule has 0 aliphatic heterocycles. The van der Waals surface area contributed by atoms with Crippen LogP contribution >= 0.6 is 22.6 Å². The molecule has 1 unspecified atom stereocenters. The Hall–Kier alpha value is -1.28. The van der Waals surface area contributed by atoms with Crippen LogP contribution in [0.3, 0.4) is 0 Å². The minimum absolute atomic E-state index is 0.202. The van der Waals surface area contributed by atoms with Gasteiger partial charge >= 0.3 is 6.09 Å². The third-order valence-electron chi connectivity index (χ3n) is 2.56. The van der Waals surface area contributed by atoms with Crippen LogP contribution in [0.1, 0.15) is 11.6 Å². The van der Waals surface area contributed by atoms with E-state index in [9.17, 15) is 4.79 Å². The number of carboxylic acid groups (broad SMARTS) is 1. The molecule has 1 aromatic carbocycles. The van der Waals surface area contributed by atoms with Crippen LogP contribution in [-0.4, -0.2) is 22.7 Å². The predicted octanol–water partition coefficient (Wildman–Crippen LogP) is 2.04. The first-order valence-corrected chi connectivity index (χ1v) is 6.15. The minimum Gasteiger partial charge on any atom is -0.465 e. The number of H-pyrrole nitrogens is 1. The summed E-state index contributed by atoms with van der Waals surface area (Å²) in [5.74, 6) is 0. The first kappa shape index (κ1) is 12.2. The Balaban J connectivity index is 2.32. The normalized spacial score (nSPS) is 12.6. The van der Waals surface area contributed by atoms with Crippen LogP contribution in [0.2, 0.25) is 0 Å². The molecule has 0 aliphatic rings. The molecule has 5 nitrogen and oxygen atoms in total. The SMILES string of the molecule is NC(CNC(=O)O)c1c[nH]c2cccc(I)c12. The summed E-state index contributed by atoms with van der Waals surface area (Å²) in [7, 11) is 0. The minimum atomic E-state index is -1.06. The van der Waals surface area contributed by atoms with Gasteiger partial charge in [0.25, 0.3) is 0 Å². The highest BCUT2D eigenvalue weighted by molar-refractivity contribution is 14.1. The van der Waals surface area contributed by atoms with Gasteiger partial charge in [-0.25, -0.2) is 4.79 Å². The first-order valence-electron chi connectivity index (χ1n) is 5.07. The van der Waals surface area contributed by atoms with Crippen molar-refractivity contribution in [2.24, 2.45) is 5.73 Å². The van der Waals surface area contributed by atoms with E-state index in [2.05, 4.69) is 32.9 Å².